The zero-order valence-corrected chi connectivity index (χ0v) is 15.9. The molecule has 0 atom stereocenters. The number of nitrogens with one attached hydrogen (secondary N) is 1. The zero-order chi connectivity index (χ0) is 18.5. The van der Waals surface area contributed by atoms with Crippen LogP contribution >= 0.6 is 11.3 Å². The molecule has 2 amide bonds. The smallest absolute Gasteiger partial charge is 0.319 e. The Bertz CT molecular complexity index is 1100. The summed E-state index contributed by atoms with van der Waals surface area (Å²) in [6, 6.07) is 7.99. The summed E-state index contributed by atoms with van der Waals surface area (Å²) in [4.78, 5) is 33.7. The highest BCUT2D eigenvalue weighted by Crippen LogP contribution is 2.36. The van der Waals surface area contributed by atoms with Crippen LogP contribution in [0.3, 0.4) is 0 Å². The Morgan fingerprint density at radius 2 is 2.04 bits per heavy atom. The maximum atomic E-state index is 12.9. The zero-order valence-electron chi connectivity index (χ0n) is 15.1. The van der Waals surface area contributed by atoms with Gasteiger partial charge in [0.05, 0.1) is 18.3 Å². The number of urea groups is 1. The molecule has 0 saturated heterocycles. The number of benzene rings is 1. The standard InChI is InChI=1S/C20H20N4O2S/c1-12-2-4-13(5-3-12)22-20(26)23-9-8-15-16(10-23)27-18-17(15)19(25)24(11-21-18)14-6-7-14/h2-5,11,14H,6-10H2,1H3,(H,22,26). The fourth-order valence-corrected chi connectivity index (χ4v) is 4.82. The first-order valence-corrected chi connectivity index (χ1v) is 10.1. The third-order valence-electron chi connectivity index (χ3n) is 5.32. The number of thiophene rings is 1. The van der Waals surface area contributed by atoms with Crippen LogP contribution in [-0.4, -0.2) is 27.0 Å². The molecule has 2 aromatic heterocycles. The first kappa shape index (κ1) is 16.5. The van der Waals surface area contributed by atoms with Gasteiger partial charge in [0.15, 0.2) is 0 Å². The van der Waals surface area contributed by atoms with Crippen LogP contribution < -0.4 is 10.9 Å². The monoisotopic (exact) mass is 380 g/mol. The van der Waals surface area contributed by atoms with Crippen molar-refractivity contribution in [2.24, 2.45) is 0 Å². The molecule has 27 heavy (non-hydrogen) atoms. The number of anilines is 1. The minimum Gasteiger partial charge on any atom is -0.319 e. The van der Waals surface area contributed by atoms with Crippen molar-refractivity contribution in [3.8, 4) is 0 Å². The van der Waals surface area contributed by atoms with Gasteiger partial charge in [-0.15, -0.1) is 11.3 Å². The van der Waals surface area contributed by atoms with Gasteiger partial charge in [0, 0.05) is 23.2 Å². The van der Waals surface area contributed by atoms with E-state index in [9.17, 15) is 9.59 Å². The summed E-state index contributed by atoms with van der Waals surface area (Å²) >= 11 is 1.54. The first-order chi connectivity index (χ1) is 13.1. The summed E-state index contributed by atoms with van der Waals surface area (Å²) in [5.74, 6) is 0. The van der Waals surface area contributed by atoms with Crippen LogP contribution in [-0.2, 0) is 13.0 Å². The molecule has 1 aliphatic carbocycles. The molecule has 6 nitrogen and oxygen atoms in total. The second-order valence-corrected chi connectivity index (χ2v) is 8.42. The van der Waals surface area contributed by atoms with Gasteiger partial charge in [-0.05, 0) is 43.9 Å². The molecule has 2 aliphatic rings. The molecule has 0 radical (unpaired) electrons. The lowest BCUT2D eigenvalue weighted by molar-refractivity contribution is 0.207. The highest BCUT2D eigenvalue weighted by molar-refractivity contribution is 7.18. The highest BCUT2D eigenvalue weighted by atomic mass is 32.1. The van der Waals surface area contributed by atoms with Crippen molar-refractivity contribution >= 4 is 33.3 Å². The molecule has 1 aromatic carbocycles. The summed E-state index contributed by atoms with van der Waals surface area (Å²) < 4.78 is 1.78. The number of nitrogens with zero attached hydrogens (tertiary/aromatic N) is 3. The van der Waals surface area contributed by atoms with E-state index in [1.54, 1.807) is 15.8 Å². The molecule has 0 spiro atoms. The molecule has 3 aromatic rings. The van der Waals surface area contributed by atoms with E-state index in [4.69, 9.17) is 0 Å². The van der Waals surface area contributed by atoms with Gasteiger partial charge < -0.3 is 10.2 Å². The molecule has 7 heteroatoms. The van der Waals surface area contributed by atoms with E-state index >= 15 is 0 Å². The number of aromatic nitrogens is 2. The molecule has 3 heterocycles. The summed E-state index contributed by atoms with van der Waals surface area (Å²) in [6.45, 7) is 3.15. The molecular weight excluding hydrogens is 360 g/mol. The lowest BCUT2D eigenvalue weighted by Gasteiger charge is -2.27. The molecule has 1 aliphatic heterocycles. The van der Waals surface area contributed by atoms with E-state index < -0.39 is 0 Å². The predicted molar refractivity (Wildman–Crippen MR) is 106 cm³/mol. The van der Waals surface area contributed by atoms with Crippen molar-refractivity contribution in [2.75, 3.05) is 11.9 Å². The minimum absolute atomic E-state index is 0.0811. The van der Waals surface area contributed by atoms with Gasteiger partial charge in [-0.25, -0.2) is 9.78 Å². The van der Waals surface area contributed by atoms with Gasteiger partial charge in [0.2, 0.25) is 0 Å². The van der Waals surface area contributed by atoms with E-state index in [1.165, 1.54) is 11.3 Å². The maximum Gasteiger partial charge on any atom is 0.322 e. The second kappa shape index (κ2) is 6.20. The van der Waals surface area contributed by atoms with Crippen LogP contribution in [0, 0.1) is 6.92 Å². The number of aryl methyl sites for hydroxylation is 1. The fourth-order valence-electron chi connectivity index (χ4n) is 3.62. The molecule has 0 unspecified atom stereocenters. The van der Waals surface area contributed by atoms with Crippen LogP contribution in [0.4, 0.5) is 10.5 Å². The topological polar surface area (TPSA) is 67.2 Å². The summed E-state index contributed by atoms with van der Waals surface area (Å²) in [6.07, 6.45) is 4.51. The van der Waals surface area contributed by atoms with Gasteiger partial charge in [-0.2, -0.15) is 0 Å². The van der Waals surface area contributed by atoms with Gasteiger partial charge >= 0.3 is 6.03 Å². The van der Waals surface area contributed by atoms with E-state index in [1.807, 2.05) is 31.2 Å². The lowest BCUT2D eigenvalue weighted by Crippen LogP contribution is -2.38. The first-order valence-electron chi connectivity index (χ1n) is 9.24. The molecule has 1 N–H and O–H groups in total. The average Bonchev–Trinajstić information content (AvgIpc) is 3.43. The molecule has 1 saturated carbocycles. The average molecular weight is 380 g/mol. The van der Waals surface area contributed by atoms with E-state index in [0.29, 0.717) is 25.6 Å². The van der Waals surface area contributed by atoms with Crippen molar-refractivity contribution < 1.29 is 4.79 Å². The Hall–Kier alpha value is -2.67. The summed E-state index contributed by atoms with van der Waals surface area (Å²) in [7, 11) is 0. The van der Waals surface area contributed by atoms with Gasteiger partial charge in [0.25, 0.3) is 5.56 Å². The predicted octanol–water partition coefficient (Wildman–Crippen LogP) is 3.69. The quantitative estimate of drug-likeness (QED) is 0.737. The van der Waals surface area contributed by atoms with Crippen molar-refractivity contribution in [1.82, 2.24) is 14.5 Å². The van der Waals surface area contributed by atoms with Crippen LogP contribution in [0.2, 0.25) is 0 Å². The van der Waals surface area contributed by atoms with Gasteiger partial charge in [0.1, 0.15) is 4.83 Å². The third-order valence-corrected chi connectivity index (χ3v) is 6.44. The molecule has 138 valence electrons. The third kappa shape index (κ3) is 2.92. The lowest BCUT2D eigenvalue weighted by atomic mass is 10.1. The maximum absolute atomic E-state index is 12.9. The minimum atomic E-state index is -0.106. The van der Waals surface area contributed by atoms with Crippen molar-refractivity contribution in [2.45, 2.75) is 38.8 Å². The summed E-state index contributed by atoms with van der Waals surface area (Å²) in [5, 5.41) is 3.72. The second-order valence-electron chi connectivity index (χ2n) is 7.34. The van der Waals surface area contributed by atoms with E-state index in [2.05, 4.69) is 10.3 Å². The number of hydrogen-bond donors (Lipinski definition) is 1. The number of carbonyl (C=O) groups is 1. The molecule has 0 bridgehead atoms. The summed E-state index contributed by atoms with van der Waals surface area (Å²) in [5.41, 5.74) is 3.12. The van der Waals surface area contributed by atoms with Crippen LogP contribution in [0.1, 0.15) is 34.9 Å². The number of hydrogen-bond acceptors (Lipinski definition) is 4. The number of amides is 2. The Kier molecular flexibility index (Phi) is 3.79. The van der Waals surface area contributed by atoms with Crippen molar-refractivity contribution in [3.63, 3.8) is 0 Å². The van der Waals surface area contributed by atoms with Gasteiger partial charge in [-0.1, -0.05) is 17.7 Å². The molecule has 5 rings (SSSR count). The largest absolute Gasteiger partial charge is 0.322 e. The number of fused-ring (bicyclic) bond motifs is 3. The van der Waals surface area contributed by atoms with Crippen LogP contribution in [0.25, 0.3) is 10.2 Å². The fraction of sp³-hybridized carbons (Fsp3) is 0.350. The number of rotatable bonds is 2. The Labute approximate surface area is 160 Å². The van der Waals surface area contributed by atoms with Crippen LogP contribution in [0.15, 0.2) is 35.4 Å². The Morgan fingerprint density at radius 1 is 1.26 bits per heavy atom. The van der Waals surface area contributed by atoms with Crippen LogP contribution in [0.5, 0.6) is 0 Å². The van der Waals surface area contributed by atoms with Crippen molar-refractivity contribution in [3.05, 3.63) is 57.0 Å². The van der Waals surface area contributed by atoms with E-state index in [-0.39, 0.29) is 11.6 Å². The highest BCUT2D eigenvalue weighted by Gasteiger charge is 2.29. The van der Waals surface area contributed by atoms with Gasteiger partial charge in [-0.3, -0.25) is 9.36 Å². The molecule has 1 fully saturated rings. The SMILES string of the molecule is Cc1ccc(NC(=O)N2CCc3c(sc4ncn(C5CC5)c(=O)c34)C2)cc1. The normalized spacial score (nSPS) is 16.4. The Balaban J connectivity index is 1.41. The number of carbonyl (C=O) groups excluding carboxylic acids is 1. The van der Waals surface area contributed by atoms with Crippen molar-refractivity contribution in [1.29, 1.82) is 0 Å². The molecular formula is C20H20N4O2S. The van der Waals surface area contributed by atoms with E-state index in [0.717, 1.165) is 44.7 Å². The Morgan fingerprint density at radius 3 is 2.78 bits per heavy atom.